The number of nitrogens with one attached hydrogen (secondary N) is 1. The lowest BCUT2D eigenvalue weighted by Crippen LogP contribution is -2.04. The summed E-state index contributed by atoms with van der Waals surface area (Å²) in [5, 5.41) is 1.89. The zero-order chi connectivity index (χ0) is 46.9. The number of fused-ring (bicyclic) bond motifs is 9. The van der Waals surface area contributed by atoms with E-state index in [0.29, 0.717) is 33.4 Å². The van der Waals surface area contributed by atoms with Crippen molar-refractivity contribution in [1.29, 1.82) is 0 Å². The molecule has 11 rings (SSSR count). The van der Waals surface area contributed by atoms with Gasteiger partial charge in [-0.15, -0.1) is 0 Å². The van der Waals surface area contributed by atoms with Crippen LogP contribution in [0.1, 0.15) is 22.3 Å². The van der Waals surface area contributed by atoms with Crippen LogP contribution >= 0.6 is 0 Å². The number of benzene rings is 8. The molecule has 0 bridgehead atoms. The van der Waals surface area contributed by atoms with E-state index in [1.165, 1.54) is 24.3 Å². The molecule has 11 aromatic rings. The fraction of sp³-hybridized carbons (Fsp3) is 0.0769. The third kappa shape index (κ3) is 7.02. The summed E-state index contributed by atoms with van der Waals surface area (Å²) in [4.78, 5) is 3.42. The van der Waals surface area contributed by atoms with Gasteiger partial charge in [-0.25, -0.2) is 0 Å². The van der Waals surface area contributed by atoms with Gasteiger partial charge in [0, 0.05) is 54.7 Å². The molecule has 0 aliphatic carbocycles. The SMILES string of the molecule is FC(F)(F)c1ccc2c(c1)c1cc(C(F)(F)F)ccc1n2-c1ccc(-c2ccc3[nH]c4ccc(-c5ccc(-n6c7ccc(C(F)(F)F)cc7c7cc(C(F)(F)F)ccc76)cc5)cc4c3c2)cc1. The van der Waals surface area contributed by atoms with Gasteiger partial charge in [-0.05, 0) is 144 Å². The predicted octanol–water partition coefficient (Wildman–Crippen LogP) is 16.9. The van der Waals surface area contributed by atoms with E-state index < -0.39 is 47.0 Å². The van der Waals surface area contributed by atoms with E-state index in [2.05, 4.69) is 4.98 Å². The van der Waals surface area contributed by atoms with Crippen LogP contribution in [0.25, 0.3) is 99.0 Å². The Hall–Kier alpha value is -7.68. The Morgan fingerprint density at radius 1 is 0.269 bits per heavy atom. The molecule has 8 aromatic carbocycles. The second kappa shape index (κ2) is 14.4. The molecule has 0 unspecified atom stereocenters. The maximum atomic E-state index is 13.7. The molecule has 0 spiro atoms. The number of hydrogen-bond acceptors (Lipinski definition) is 0. The number of alkyl halides is 12. The fourth-order valence-electron chi connectivity index (χ4n) is 9.17. The summed E-state index contributed by atoms with van der Waals surface area (Å²) in [5.74, 6) is 0. The Morgan fingerprint density at radius 2 is 0.537 bits per heavy atom. The van der Waals surface area contributed by atoms with Crippen molar-refractivity contribution in [2.75, 3.05) is 0 Å². The van der Waals surface area contributed by atoms with Crippen molar-refractivity contribution in [3.63, 3.8) is 0 Å². The van der Waals surface area contributed by atoms with Gasteiger partial charge in [0.15, 0.2) is 0 Å². The molecule has 67 heavy (non-hydrogen) atoms. The van der Waals surface area contributed by atoms with Crippen LogP contribution in [-0.4, -0.2) is 14.1 Å². The highest BCUT2D eigenvalue weighted by molar-refractivity contribution is 6.12. The minimum atomic E-state index is -4.71. The topological polar surface area (TPSA) is 25.6 Å². The zero-order valence-electron chi connectivity index (χ0n) is 33.9. The average Bonchev–Trinajstić information content (AvgIpc) is 3.94. The van der Waals surface area contributed by atoms with Gasteiger partial charge in [0.25, 0.3) is 0 Å². The first-order chi connectivity index (χ1) is 31.7. The van der Waals surface area contributed by atoms with E-state index in [-0.39, 0.29) is 21.5 Å². The standard InChI is InChI=1S/C52H27F12N3/c53-49(54,55)31-7-17-45-39(23-31)40-24-32(50(56,57)58)8-18-46(40)66(45)35-11-1-27(2-12-35)29-5-15-43-37(21-29)38-22-30(6-16-44(38)65-43)28-3-13-36(14-4-28)67-47-19-9-33(51(59,60)61)25-41(47)42-26-34(52(62,63)64)10-20-48(42)67/h1-26,65H. The number of nitrogens with zero attached hydrogens (tertiary/aromatic N) is 2. The van der Waals surface area contributed by atoms with E-state index >= 15 is 0 Å². The van der Waals surface area contributed by atoms with Crippen LogP contribution in [0.15, 0.2) is 158 Å². The molecule has 0 amide bonds. The number of aromatic nitrogens is 3. The Balaban J connectivity index is 0.943. The summed E-state index contributed by atoms with van der Waals surface area (Å²) in [6.07, 6.45) is -18.8. The molecule has 0 aliphatic rings. The third-order valence-corrected chi connectivity index (χ3v) is 12.4. The molecule has 3 nitrogen and oxygen atoms in total. The van der Waals surface area contributed by atoms with Crippen LogP contribution in [0.2, 0.25) is 0 Å². The highest BCUT2D eigenvalue weighted by atomic mass is 19.4. The summed E-state index contributed by atoms with van der Waals surface area (Å²) < 4.78 is 168. The van der Waals surface area contributed by atoms with Gasteiger partial charge in [0.2, 0.25) is 0 Å². The molecule has 0 atom stereocenters. The molecular formula is C52H27F12N3. The minimum absolute atomic E-state index is 0.0279. The highest BCUT2D eigenvalue weighted by Crippen LogP contribution is 2.43. The number of aromatic amines is 1. The van der Waals surface area contributed by atoms with Crippen molar-refractivity contribution in [3.05, 3.63) is 180 Å². The predicted molar refractivity (Wildman–Crippen MR) is 235 cm³/mol. The average molecular weight is 922 g/mol. The van der Waals surface area contributed by atoms with Gasteiger partial charge in [-0.3, -0.25) is 0 Å². The van der Waals surface area contributed by atoms with Gasteiger partial charge >= 0.3 is 24.7 Å². The summed E-state index contributed by atoms with van der Waals surface area (Å²) in [7, 11) is 0. The van der Waals surface area contributed by atoms with Gasteiger partial charge < -0.3 is 14.1 Å². The molecule has 0 radical (unpaired) electrons. The van der Waals surface area contributed by atoms with Crippen LogP contribution in [0.3, 0.4) is 0 Å². The smallest absolute Gasteiger partial charge is 0.355 e. The number of hydrogen-bond donors (Lipinski definition) is 1. The van der Waals surface area contributed by atoms with E-state index in [9.17, 15) is 52.7 Å². The fourth-order valence-corrected chi connectivity index (χ4v) is 9.17. The Labute approximate surface area is 369 Å². The molecule has 3 heterocycles. The quantitative estimate of drug-likeness (QED) is 0.170. The Morgan fingerprint density at radius 3 is 0.806 bits per heavy atom. The molecule has 0 saturated carbocycles. The molecule has 15 heteroatoms. The molecule has 334 valence electrons. The van der Waals surface area contributed by atoms with Crippen LogP contribution in [0.5, 0.6) is 0 Å². The van der Waals surface area contributed by atoms with Crippen LogP contribution in [0, 0.1) is 0 Å². The van der Waals surface area contributed by atoms with Crippen molar-refractivity contribution in [2.24, 2.45) is 0 Å². The second-order valence-corrected chi connectivity index (χ2v) is 16.3. The molecule has 1 N–H and O–H groups in total. The van der Waals surface area contributed by atoms with Gasteiger partial charge in [-0.2, -0.15) is 52.7 Å². The third-order valence-electron chi connectivity index (χ3n) is 12.4. The van der Waals surface area contributed by atoms with E-state index in [1.54, 1.807) is 33.4 Å². The maximum Gasteiger partial charge on any atom is 0.416 e. The first-order valence-corrected chi connectivity index (χ1v) is 20.4. The molecule has 3 aromatic heterocycles. The highest BCUT2D eigenvalue weighted by Gasteiger charge is 2.35. The van der Waals surface area contributed by atoms with E-state index in [4.69, 9.17) is 0 Å². The van der Waals surface area contributed by atoms with Gasteiger partial charge in [-0.1, -0.05) is 36.4 Å². The first kappa shape index (κ1) is 42.0. The van der Waals surface area contributed by atoms with Crippen molar-refractivity contribution in [1.82, 2.24) is 14.1 Å². The van der Waals surface area contributed by atoms with Crippen molar-refractivity contribution >= 4 is 65.4 Å². The monoisotopic (exact) mass is 921 g/mol. The summed E-state index contributed by atoms with van der Waals surface area (Å²) >= 11 is 0. The van der Waals surface area contributed by atoms with Crippen LogP contribution in [0.4, 0.5) is 52.7 Å². The van der Waals surface area contributed by atoms with E-state index in [1.807, 2.05) is 60.7 Å². The summed E-state index contributed by atoms with van der Waals surface area (Å²) in [6.45, 7) is 0. The van der Waals surface area contributed by atoms with Gasteiger partial charge in [0.05, 0.1) is 44.3 Å². The largest absolute Gasteiger partial charge is 0.416 e. The Bertz CT molecular complexity index is 3400. The molecule has 0 saturated heterocycles. The summed E-state index contributed by atoms with van der Waals surface area (Å²) in [5.41, 5.74) is 3.28. The van der Waals surface area contributed by atoms with Crippen molar-refractivity contribution in [3.8, 4) is 33.6 Å². The Kier molecular flexibility index (Phi) is 9.03. The van der Waals surface area contributed by atoms with Crippen LogP contribution in [-0.2, 0) is 24.7 Å². The second-order valence-electron chi connectivity index (χ2n) is 16.3. The first-order valence-electron chi connectivity index (χ1n) is 20.4. The minimum Gasteiger partial charge on any atom is -0.355 e. The number of rotatable bonds is 4. The molecular weight excluding hydrogens is 895 g/mol. The maximum absolute atomic E-state index is 13.7. The molecule has 0 aliphatic heterocycles. The van der Waals surface area contributed by atoms with Crippen molar-refractivity contribution in [2.45, 2.75) is 24.7 Å². The van der Waals surface area contributed by atoms with Crippen molar-refractivity contribution < 1.29 is 52.7 Å². The summed E-state index contributed by atoms with van der Waals surface area (Å²) in [6, 6.07) is 38.2. The lowest BCUT2D eigenvalue weighted by Gasteiger charge is -2.11. The van der Waals surface area contributed by atoms with E-state index in [0.717, 1.165) is 92.6 Å². The van der Waals surface area contributed by atoms with Gasteiger partial charge in [0.1, 0.15) is 0 Å². The lowest BCUT2D eigenvalue weighted by atomic mass is 10.00. The number of halogens is 12. The lowest BCUT2D eigenvalue weighted by molar-refractivity contribution is -0.138. The normalized spacial score (nSPS) is 13.1. The van der Waals surface area contributed by atoms with Crippen LogP contribution < -0.4 is 0 Å². The molecule has 0 fully saturated rings. The number of H-pyrrole nitrogens is 1. The zero-order valence-corrected chi connectivity index (χ0v) is 33.9.